The molecule has 0 aliphatic carbocycles. The number of hydrogen-bond donors (Lipinski definition) is 0. The second kappa shape index (κ2) is 8.97. The number of halogens is 1. The van der Waals surface area contributed by atoms with E-state index in [-0.39, 0.29) is 5.91 Å². The van der Waals surface area contributed by atoms with Gasteiger partial charge in [-0.15, -0.1) is 0 Å². The molecule has 1 aromatic heterocycles. The summed E-state index contributed by atoms with van der Waals surface area (Å²) in [5, 5.41) is 1.62. The maximum atomic E-state index is 15.0. The fourth-order valence-corrected chi connectivity index (χ4v) is 7.13. The van der Waals surface area contributed by atoms with Crippen molar-refractivity contribution in [3.63, 3.8) is 0 Å². The zero-order valence-corrected chi connectivity index (χ0v) is 18.5. The molecule has 4 nitrogen and oxygen atoms in total. The van der Waals surface area contributed by atoms with Crippen LogP contribution >= 0.6 is 18.7 Å². The zero-order valence-electron chi connectivity index (χ0n) is 16.9. The van der Waals surface area contributed by atoms with Gasteiger partial charge in [0, 0.05) is 17.7 Å². The second-order valence-corrected chi connectivity index (χ2v) is 10.4. The van der Waals surface area contributed by atoms with Gasteiger partial charge in [0.25, 0.3) is 5.91 Å². The summed E-state index contributed by atoms with van der Waals surface area (Å²) in [7, 11) is -1.76. The van der Waals surface area contributed by atoms with E-state index in [2.05, 4.69) is 0 Å². The first-order valence-corrected chi connectivity index (χ1v) is 11.9. The topological polar surface area (TPSA) is 50.5 Å². The molecule has 0 fully saturated rings. The van der Waals surface area contributed by atoms with Crippen LogP contribution in [0.1, 0.15) is 21.9 Å². The number of nitrogens with zero attached hydrogens (tertiary/aromatic N) is 1. The summed E-state index contributed by atoms with van der Waals surface area (Å²) in [5.41, 5.74) is 0.343. The van der Waals surface area contributed by atoms with Gasteiger partial charge in [0.2, 0.25) is 0 Å². The minimum absolute atomic E-state index is 0.334. The molecule has 0 saturated heterocycles. The van der Waals surface area contributed by atoms with E-state index in [0.29, 0.717) is 27.0 Å². The van der Waals surface area contributed by atoms with Gasteiger partial charge in [0.05, 0.1) is 16.8 Å². The Labute approximate surface area is 186 Å². The molecule has 1 heterocycles. The van der Waals surface area contributed by atoms with E-state index in [1.807, 2.05) is 60.7 Å². The van der Waals surface area contributed by atoms with Crippen LogP contribution in [0, 0.1) is 0 Å². The van der Waals surface area contributed by atoms with Gasteiger partial charge in [-0.05, 0) is 24.3 Å². The van der Waals surface area contributed by atoms with Crippen molar-refractivity contribution in [3.8, 4) is 0 Å². The summed E-state index contributed by atoms with van der Waals surface area (Å²) >= 11 is 6.30. The number of carbonyl (C=O) groups excluding carboxylic acids is 1. The third-order valence-electron chi connectivity index (χ3n) is 5.21. The predicted octanol–water partition coefficient (Wildman–Crippen LogP) is 5.72. The van der Waals surface area contributed by atoms with Gasteiger partial charge in [-0.2, -0.15) is 0 Å². The van der Waals surface area contributed by atoms with Gasteiger partial charge in [0.15, 0.2) is 12.9 Å². The summed E-state index contributed by atoms with van der Waals surface area (Å²) in [6.07, 6.45) is 1.52. The van der Waals surface area contributed by atoms with Gasteiger partial charge in [-0.3, -0.25) is 4.79 Å². The lowest BCUT2D eigenvalue weighted by atomic mass is 10.2. The molecular formula is C25H21ClNO3P. The Hall–Kier alpha value is -3.07. The third kappa shape index (κ3) is 3.97. The Kier molecular flexibility index (Phi) is 6.13. The smallest absolute Gasteiger partial charge is 0.256 e. The van der Waals surface area contributed by atoms with E-state index < -0.39 is 12.9 Å². The fourth-order valence-electron chi connectivity index (χ4n) is 3.72. The molecule has 4 aromatic rings. The molecule has 31 heavy (non-hydrogen) atoms. The molecular weight excluding hydrogens is 429 g/mol. The monoisotopic (exact) mass is 449 g/mol. The van der Waals surface area contributed by atoms with E-state index >= 15 is 0 Å². The van der Waals surface area contributed by atoms with Crippen LogP contribution in [0.5, 0.6) is 0 Å². The number of carbonyl (C=O) groups is 1. The summed E-state index contributed by atoms with van der Waals surface area (Å²) in [6, 6.07) is 28.8. The van der Waals surface area contributed by atoms with Crippen molar-refractivity contribution in [1.82, 2.24) is 4.90 Å². The average Bonchev–Trinajstić information content (AvgIpc) is 3.34. The molecule has 1 atom stereocenters. The lowest BCUT2D eigenvalue weighted by Gasteiger charge is -2.34. The minimum atomic E-state index is -3.40. The Balaban J connectivity index is 1.93. The van der Waals surface area contributed by atoms with Crippen molar-refractivity contribution in [3.05, 3.63) is 120 Å². The molecule has 156 valence electrons. The van der Waals surface area contributed by atoms with E-state index in [1.165, 1.54) is 11.2 Å². The van der Waals surface area contributed by atoms with Crippen LogP contribution < -0.4 is 10.6 Å². The normalized spacial score (nSPS) is 12.3. The zero-order chi connectivity index (χ0) is 21.8. The highest BCUT2D eigenvalue weighted by Crippen LogP contribution is 2.58. The molecule has 3 aromatic carbocycles. The highest BCUT2D eigenvalue weighted by molar-refractivity contribution is 7.79. The third-order valence-corrected chi connectivity index (χ3v) is 8.96. The molecule has 0 aliphatic rings. The van der Waals surface area contributed by atoms with E-state index in [4.69, 9.17) is 16.0 Å². The van der Waals surface area contributed by atoms with Crippen LogP contribution in [0.2, 0.25) is 5.02 Å². The standard InChI is InChI=1S/C25H21ClNO3P/c1-27(24(28)21-15-8-9-16-22(21)26)25(23-17-10-18-30-23)31(29,19-11-4-2-5-12-19)20-13-6-3-7-14-20/h2-18,25H,1H3/t25-/m0/s1. The number of benzene rings is 3. The first-order valence-electron chi connectivity index (χ1n) is 9.79. The average molecular weight is 450 g/mol. The number of amides is 1. The Morgan fingerprint density at radius 1 is 0.839 bits per heavy atom. The van der Waals surface area contributed by atoms with Gasteiger partial charge in [-0.25, -0.2) is 0 Å². The SMILES string of the molecule is CN(C(=O)c1ccccc1Cl)[C@H](c1ccco1)P(=O)(c1ccccc1)c1ccccc1. The van der Waals surface area contributed by atoms with Crippen molar-refractivity contribution >= 4 is 35.3 Å². The highest BCUT2D eigenvalue weighted by Gasteiger charge is 2.44. The van der Waals surface area contributed by atoms with Crippen molar-refractivity contribution < 1.29 is 13.8 Å². The lowest BCUT2D eigenvalue weighted by Crippen LogP contribution is -2.36. The largest absolute Gasteiger partial charge is 0.467 e. The first-order chi connectivity index (χ1) is 15.0. The first kappa shape index (κ1) is 21.2. The number of hydrogen-bond acceptors (Lipinski definition) is 3. The molecule has 0 spiro atoms. The predicted molar refractivity (Wildman–Crippen MR) is 125 cm³/mol. The van der Waals surface area contributed by atoms with Crippen molar-refractivity contribution in [2.24, 2.45) is 0 Å². The van der Waals surface area contributed by atoms with Gasteiger partial charge in [0.1, 0.15) is 5.76 Å². The summed E-state index contributed by atoms with van der Waals surface area (Å²) < 4.78 is 20.7. The van der Waals surface area contributed by atoms with Crippen LogP contribution in [-0.4, -0.2) is 17.9 Å². The van der Waals surface area contributed by atoms with Crippen molar-refractivity contribution in [2.75, 3.05) is 7.05 Å². The molecule has 1 amide bonds. The second-order valence-electron chi connectivity index (χ2n) is 7.11. The van der Waals surface area contributed by atoms with Gasteiger partial charge < -0.3 is 13.9 Å². The van der Waals surface area contributed by atoms with E-state index in [0.717, 1.165) is 0 Å². The van der Waals surface area contributed by atoms with Crippen molar-refractivity contribution in [2.45, 2.75) is 5.78 Å². The van der Waals surface area contributed by atoms with Crippen LogP contribution in [0.25, 0.3) is 0 Å². The highest BCUT2D eigenvalue weighted by atomic mass is 35.5. The summed E-state index contributed by atoms with van der Waals surface area (Å²) in [5.74, 6) is -0.742. The fraction of sp³-hybridized carbons (Fsp3) is 0.0800. The molecule has 6 heteroatoms. The Morgan fingerprint density at radius 2 is 1.39 bits per heavy atom. The molecule has 0 saturated carbocycles. The van der Waals surface area contributed by atoms with E-state index in [9.17, 15) is 9.36 Å². The number of rotatable bonds is 6. The summed E-state index contributed by atoms with van der Waals surface area (Å²) in [6.45, 7) is 0. The molecule has 0 bridgehead atoms. The molecule has 0 unspecified atom stereocenters. The van der Waals surface area contributed by atoms with Crippen molar-refractivity contribution in [1.29, 1.82) is 0 Å². The van der Waals surface area contributed by atoms with Crippen LogP contribution in [0.3, 0.4) is 0 Å². The maximum Gasteiger partial charge on any atom is 0.256 e. The lowest BCUT2D eigenvalue weighted by molar-refractivity contribution is 0.0764. The Morgan fingerprint density at radius 3 is 1.90 bits per heavy atom. The quantitative estimate of drug-likeness (QED) is 0.354. The Bertz CT molecular complexity index is 1170. The molecule has 0 radical (unpaired) electrons. The minimum Gasteiger partial charge on any atom is -0.467 e. The van der Waals surface area contributed by atoms with Crippen LogP contribution in [0.15, 0.2) is 108 Å². The molecule has 0 aliphatic heterocycles. The number of furan rings is 1. The van der Waals surface area contributed by atoms with Gasteiger partial charge in [-0.1, -0.05) is 84.4 Å². The van der Waals surface area contributed by atoms with E-state index in [1.54, 1.807) is 43.4 Å². The maximum absolute atomic E-state index is 15.0. The van der Waals surface area contributed by atoms with Crippen LogP contribution in [-0.2, 0) is 4.57 Å². The summed E-state index contributed by atoms with van der Waals surface area (Å²) in [4.78, 5) is 15.0. The van der Waals surface area contributed by atoms with Gasteiger partial charge >= 0.3 is 0 Å². The molecule has 4 rings (SSSR count). The van der Waals surface area contributed by atoms with Crippen LogP contribution in [0.4, 0.5) is 0 Å². The molecule has 0 N–H and O–H groups in total.